The van der Waals surface area contributed by atoms with E-state index in [9.17, 15) is 9.90 Å². The Hall–Kier alpha value is -3.11. The van der Waals surface area contributed by atoms with Gasteiger partial charge in [-0.1, -0.05) is 18.5 Å². The number of fused-ring (bicyclic) bond motifs is 1. The first-order chi connectivity index (χ1) is 15.0. The molecule has 0 spiro atoms. The summed E-state index contributed by atoms with van der Waals surface area (Å²) in [6, 6.07) is 9.98. The molecule has 1 atom stereocenters. The molecule has 3 aromatic rings. The molecule has 1 amide bonds. The monoisotopic (exact) mass is 446 g/mol. The number of nitrogens with one attached hydrogen (secondary N) is 3. The highest BCUT2D eigenvalue weighted by Crippen LogP contribution is 2.35. The number of aliphatic hydroxyl groups excluding tert-OH is 1. The molecule has 9 nitrogen and oxygen atoms in total. The molecule has 0 saturated heterocycles. The first-order valence-electron chi connectivity index (χ1n) is 9.42. The van der Waals surface area contributed by atoms with Gasteiger partial charge in [0.1, 0.15) is 17.2 Å². The first kappa shape index (κ1) is 22.6. The van der Waals surface area contributed by atoms with Gasteiger partial charge in [0.2, 0.25) is 0 Å². The Morgan fingerprint density at radius 1 is 1.19 bits per heavy atom. The van der Waals surface area contributed by atoms with Crippen LogP contribution in [0.4, 0.5) is 5.69 Å². The number of benzene rings is 2. The SMILES string of the molecule is CCNC(O)Nc1ccc(Oc2ccnc3cc(OC)c(C(=O)NOC)cc23)cc1Cl. The molecule has 31 heavy (non-hydrogen) atoms. The fourth-order valence-electron chi connectivity index (χ4n) is 2.93. The number of carbonyl (C=O) groups is 1. The number of aromatic nitrogens is 1. The van der Waals surface area contributed by atoms with E-state index >= 15 is 0 Å². The fourth-order valence-corrected chi connectivity index (χ4v) is 3.15. The van der Waals surface area contributed by atoms with Crippen molar-refractivity contribution in [3.05, 3.63) is 53.2 Å². The van der Waals surface area contributed by atoms with Crippen LogP contribution in [0.1, 0.15) is 17.3 Å². The zero-order valence-corrected chi connectivity index (χ0v) is 18.0. The maximum absolute atomic E-state index is 12.3. The van der Waals surface area contributed by atoms with Crippen LogP contribution in [0, 0.1) is 0 Å². The summed E-state index contributed by atoms with van der Waals surface area (Å²) in [5.74, 6) is 0.835. The van der Waals surface area contributed by atoms with Gasteiger partial charge in [0, 0.05) is 23.7 Å². The number of nitrogens with zero attached hydrogens (tertiary/aromatic N) is 1. The van der Waals surface area contributed by atoms with Gasteiger partial charge in [-0.2, -0.15) is 0 Å². The highest BCUT2D eigenvalue weighted by Gasteiger charge is 2.17. The summed E-state index contributed by atoms with van der Waals surface area (Å²) in [7, 11) is 2.82. The lowest BCUT2D eigenvalue weighted by Gasteiger charge is -2.16. The minimum absolute atomic E-state index is 0.268. The topological polar surface area (TPSA) is 114 Å². The van der Waals surface area contributed by atoms with Crippen molar-refractivity contribution < 1.29 is 24.2 Å². The van der Waals surface area contributed by atoms with E-state index in [2.05, 4.69) is 21.1 Å². The molecule has 1 unspecified atom stereocenters. The summed E-state index contributed by atoms with van der Waals surface area (Å²) in [5, 5.41) is 16.5. The van der Waals surface area contributed by atoms with Crippen LogP contribution in [-0.4, -0.2) is 43.1 Å². The number of ether oxygens (including phenoxy) is 2. The van der Waals surface area contributed by atoms with Crippen LogP contribution in [0.15, 0.2) is 42.6 Å². The van der Waals surface area contributed by atoms with Gasteiger partial charge >= 0.3 is 0 Å². The predicted octanol–water partition coefficient (Wildman–Crippen LogP) is 3.28. The normalized spacial score (nSPS) is 11.8. The maximum Gasteiger partial charge on any atom is 0.278 e. The van der Waals surface area contributed by atoms with Crippen molar-refractivity contribution in [3.63, 3.8) is 0 Å². The minimum Gasteiger partial charge on any atom is -0.496 e. The van der Waals surface area contributed by atoms with Crippen LogP contribution in [0.3, 0.4) is 0 Å². The molecule has 0 saturated carbocycles. The Morgan fingerprint density at radius 3 is 2.68 bits per heavy atom. The number of pyridine rings is 1. The van der Waals surface area contributed by atoms with Crippen LogP contribution in [0.25, 0.3) is 10.9 Å². The summed E-state index contributed by atoms with van der Waals surface area (Å²) < 4.78 is 11.3. The number of methoxy groups -OCH3 is 1. The number of aliphatic hydroxyl groups is 1. The second kappa shape index (κ2) is 10.3. The van der Waals surface area contributed by atoms with E-state index in [1.54, 1.807) is 42.6 Å². The predicted molar refractivity (Wildman–Crippen MR) is 118 cm³/mol. The molecular formula is C21H23ClN4O5. The summed E-state index contributed by atoms with van der Waals surface area (Å²) in [6.45, 7) is 2.47. The van der Waals surface area contributed by atoms with Crippen molar-refractivity contribution >= 4 is 34.1 Å². The first-order valence-corrected chi connectivity index (χ1v) is 9.80. The van der Waals surface area contributed by atoms with Crippen LogP contribution >= 0.6 is 11.6 Å². The van der Waals surface area contributed by atoms with E-state index in [-0.39, 0.29) is 5.56 Å². The average Bonchev–Trinajstić information content (AvgIpc) is 2.75. The molecule has 1 aromatic heterocycles. The number of hydroxylamine groups is 1. The van der Waals surface area contributed by atoms with Gasteiger partial charge in [0.15, 0.2) is 6.35 Å². The Morgan fingerprint density at radius 2 is 2.00 bits per heavy atom. The fraction of sp³-hybridized carbons (Fsp3) is 0.238. The number of amides is 1. The zero-order valence-electron chi connectivity index (χ0n) is 17.2. The average molecular weight is 447 g/mol. The highest BCUT2D eigenvalue weighted by atomic mass is 35.5. The lowest BCUT2D eigenvalue weighted by Crippen LogP contribution is -2.35. The molecule has 0 aliphatic heterocycles. The van der Waals surface area contributed by atoms with Crippen LogP contribution in [0.2, 0.25) is 5.02 Å². The van der Waals surface area contributed by atoms with E-state index in [0.717, 1.165) is 0 Å². The van der Waals surface area contributed by atoms with E-state index in [1.807, 2.05) is 6.92 Å². The van der Waals surface area contributed by atoms with E-state index < -0.39 is 12.3 Å². The summed E-state index contributed by atoms with van der Waals surface area (Å²) in [5.41, 5.74) is 3.68. The summed E-state index contributed by atoms with van der Waals surface area (Å²) in [4.78, 5) is 21.4. The standard InChI is InChI=1S/C21H23ClN4O5/c1-4-23-21(28)25-16-6-5-12(9-15(16)22)31-18-7-8-24-17-11-19(29-2)14(10-13(17)18)20(27)26-30-3/h5-11,21,23,25,28H,4H2,1-3H3,(H,26,27). The number of anilines is 1. The van der Waals surface area contributed by atoms with Gasteiger partial charge < -0.3 is 19.9 Å². The van der Waals surface area contributed by atoms with Crippen molar-refractivity contribution in [1.82, 2.24) is 15.8 Å². The van der Waals surface area contributed by atoms with Crippen LogP contribution in [0.5, 0.6) is 17.2 Å². The molecule has 0 fully saturated rings. The minimum atomic E-state index is -0.926. The van der Waals surface area contributed by atoms with Gasteiger partial charge in [-0.3, -0.25) is 19.9 Å². The number of halogens is 1. The molecule has 0 aliphatic carbocycles. The largest absolute Gasteiger partial charge is 0.496 e. The van der Waals surface area contributed by atoms with Gasteiger partial charge in [-0.25, -0.2) is 5.48 Å². The maximum atomic E-state index is 12.3. The highest BCUT2D eigenvalue weighted by molar-refractivity contribution is 6.33. The Labute approximate surface area is 184 Å². The molecule has 1 heterocycles. The molecular weight excluding hydrogens is 424 g/mol. The molecule has 164 valence electrons. The molecule has 0 bridgehead atoms. The van der Waals surface area contributed by atoms with Gasteiger partial charge in [0.05, 0.1) is 36.0 Å². The Balaban J connectivity index is 1.93. The lowest BCUT2D eigenvalue weighted by atomic mass is 10.1. The van der Waals surface area contributed by atoms with Crippen molar-refractivity contribution in [1.29, 1.82) is 0 Å². The number of hydrogen-bond acceptors (Lipinski definition) is 8. The smallest absolute Gasteiger partial charge is 0.278 e. The number of carbonyl (C=O) groups excluding carboxylic acids is 1. The molecule has 2 aromatic carbocycles. The quantitative estimate of drug-likeness (QED) is 0.292. The van der Waals surface area contributed by atoms with Crippen molar-refractivity contribution in [2.75, 3.05) is 26.1 Å². The Bertz CT molecular complexity index is 1080. The molecule has 0 aliphatic rings. The Kier molecular flexibility index (Phi) is 7.48. The zero-order chi connectivity index (χ0) is 22.4. The van der Waals surface area contributed by atoms with Gasteiger partial charge in [-0.15, -0.1) is 0 Å². The van der Waals surface area contributed by atoms with Crippen molar-refractivity contribution in [2.45, 2.75) is 13.3 Å². The summed E-state index contributed by atoms with van der Waals surface area (Å²) >= 11 is 6.32. The third-order valence-corrected chi connectivity index (χ3v) is 4.63. The van der Waals surface area contributed by atoms with Crippen molar-refractivity contribution in [2.24, 2.45) is 0 Å². The van der Waals surface area contributed by atoms with Gasteiger partial charge in [0.25, 0.3) is 5.91 Å². The molecule has 4 N–H and O–H groups in total. The third kappa shape index (κ3) is 5.33. The van der Waals surface area contributed by atoms with Crippen LogP contribution in [-0.2, 0) is 4.84 Å². The second-order valence-corrected chi connectivity index (χ2v) is 6.77. The second-order valence-electron chi connectivity index (χ2n) is 6.36. The lowest BCUT2D eigenvalue weighted by molar-refractivity contribution is 0.0535. The van der Waals surface area contributed by atoms with Gasteiger partial charge in [-0.05, 0) is 30.8 Å². The van der Waals surface area contributed by atoms with Crippen molar-refractivity contribution in [3.8, 4) is 17.2 Å². The van der Waals surface area contributed by atoms with E-state index in [1.165, 1.54) is 14.2 Å². The number of rotatable bonds is 9. The summed E-state index contributed by atoms with van der Waals surface area (Å²) in [6.07, 6.45) is 0.668. The number of hydrogen-bond donors (Lipinski definition) is 4. The van der Waals surface area contributed by atoms with E-state index in [0.29, 0.717) is 45.4 Å². The molecule has 0 radical (unpaired) electrons. The van der Waals surface area contributed by atoms with Crippen LogP contribution < -0.4 is 25.6 Å². The molecule has 3 rings (SSSR count). The van der Waals surface area contributed by atoms with E-state index in [4.69, 9.17) is 25.9 Å². The third-order valence-electron chi connectivity index (χ3n) is 4.32. The molecule has 10 heteroatoms.